The van der Waals surface area contributed by atoms with Crippen LogP contribution in [0.2, 0.25) is 0 Å². The van der Waals surface area contributed by atoms with E-state index in [1.807, 2.05) is 0 Å². The van der Waals surface area contributed by atoms with Gasteiger partial charge in [-0.2, -0.15) is 0 Å². The summed E-state index contributed by atoms with van der Waals surface area (Å²) in [6.07, 6.45) is 5.17. The molecular formula is C14H17F3O. The molecule has 1 fully saturated rings. The van der Waals surface area contributed by atoms with Crippen LogP contribution >= 0.6 is 0 Å². The molecule has 1 nitrogen and oxygen atoms in total. The maximum atomic E-state index is 13.0. The van der Waals surface area contributed by atoms with Crippen molar-refractivity contribution in [3.63, 3.8) is 0 Å². The average molecular weight is 258 g/mol. The van der Waals surface area contributed by atoms with Gasteiger partial charge in [0.1, 0.15) is 0 Å². The Morgan fingerprint density at radius 2 is 1.67 bits per heavy atom. The number of halogens is 3. The maximum Gasteiger partial charge on any atom is 0.194 e. The van der Waals surface area contributed by atoms with Gasteiger partial charge in [0.25, 0.3) is 0 Å². The van der Waals surface area contributed by atoms with Crippen LogP contribution in [0.25, 0.3) is 0 Å². The standard InChI is InChI=1S/C14H17F3O/c15-11-7-10(8-12(16)14(11)17)13(18)6-5-9-3-1-2-4-9/h7-9,13,18H,1-6H2. The number of rotatable bonds is 4. The highest BCUT2D eigenvalue weighted by atomic mass is 19.2. The fourth-order valence-corrected chi connectivity index (χ4v) is 2.63. The fourth-order valence-electron chi connectivity index (χ4n) is 2.63. The molecule has 1 aliphatic rings. The Hall–Kier alpha value is -1.03. The number of benzene rings is 1. The molecule has 1 atom stereocenters. The molecule has 4 heteroatoms. The third kappa shape index (κ3) is 3.05. The van der Waals surface area contributed by atoms with E-state index in [1.165, 1.54) is 25.7 Å². The van der Waals surface area contributed by atoms with Gasteiger partial charge in [-0.05, 0) is 36.5 Å². The SMILES string of the molecule is OC(CCC1CCCC1)c1cc(F)c(F)c(F)c1. The minimum atomic E-state index is -1.48. The second kappa shape index (κ2) is 5.74. The molecule has 1 aliphatic carbocycles. The molecule has 0 radical (unpaired) electrons. The first-order valence-electron chi connectivity index (χ1n) is 6.40. The number of hydrogen-bond acceptors (Lipinski definition) is 1. The van der Waals surface area contributed by atoms with Gasteiger partial charge in [-0.15, -0.1) is 0 Å². The maximum absolute atomic E-state index is 13.0. The van der Waals surface area contributed by atoms with Crippen molar-refractivity contribution < 1.29 is 18.3 Å². The van der Waals surface area contributed by atoms with Crippen molar-refractivity contribution in [1.29, 1.82) is 0 Å². The monoisotopic (exact) mass is 258 g/mol. The van der Waals surface area contributed by atoms with Gasteiger partial charge in [0, 0.05) is 0 Å². The van der Waals surface area contributed by atoms with E-state index in [4.69, 9.17) is 0 Å². The molecule has 1 aromatic rings. The summed E-state index contributed by atoms with van der Waals surface area (Å²) in [5.41, 5.74) is 0.115. The van der Waals surface area contributed by atoms with Crippen molar-refractivity contribution in [2.75, 3.05) is 0 Å². The third-order valence-electron chi connectivity index (χ3n) is 3.71. The van der Waals surface area contributed by atoms with Gasteiger partial charge < -0.3 is 5.11 Å². The van der Waals surface area contributed by atoms with E-state index < -0.39 is 23.6 Å². The number of aliphatic hydroxyl groups excluding tert-OH is 1. The quantitative estimate of drug-likeness (QED) is 0.806. The van der Waals surface area contributed by atoms with Crippen molar-refractivity contribution in [3.05, 3.63) is 35.1 Å². The van der Waals surface area contributed by atoms with E-state index in [0.29, 0.717) is 12.3 Å². The van der Waals surface area contributed by atoms with Crippen LogP contribution in [-0.2, 0) is 0 Å². The van der Waals surface area contributed by atoms with Gasteiger partial charge in [0.15, 0.2) is 17.5 Å². The molecule has 1 aromatic carbocycles. The Kier molecular flexibility index (Phi) is 4.27. The first kappa shape index (κ1) is 13.4. The Morgan fingerprint density at radius 3 is 2.22 bits per heavy atom. The highest BCUT2D eigenvalue weighted by Crippen LogP contribution is 2.31. The van der Waals surface area contributed by atoms with Crippen molar-refractivity contribution in [2.24, 2.45) is 5.92 Å². The van der Waals surface area contributed by atoms with Crippen LogP contribution in [0.5, 0.6) is 0 Å². The van der Waals surface area contributed by atoms with Gasteiger partial charge in [0.05, 0.1) is 6.10 Å². The predicted octanol–water partition coefficient (Wildman–Crippen LogP) is 4.11. The van der Waals surface area contributed by atoms with Gasteiger partial charge >= 0.3 is 0 Å². The number of aliphatic hydroxyl groups is 1. The zero-order chi connectivity index (χ0) is 13.1. The van der Waals surface area contributed by atoms with Crippen LogP contribution in [0.1, 0.15) is 50.2 Å². The predicted molar refractivity (Wildman–Crippen MR) is 62.5 cm³/mol. The lowest BCUT2D eigenvalue weighted by atomic mass is 9.96. The summed E-state index contributed by atoms with van der Waals surface area (Å²) in [7, 11) is 0. The normalized spacial score (nSPS) is 18.2. The molecule has 0 spiro atoms. The zero-order valence-electron chi connectivity index (χ0n) is 10.1. The lowest BCUT2D eigenvalue weighted by Gasteiger charge is -2.14. The van der Waals surface area contributed by atoms with Crippen LogP contribution in [0.3, 0.4) is 0 Å². The van der Waals surface area contributed by atoms with E-state index in [2.05, 4.69) is 0 Å². The van der Waals surface area contributed by atoms with Crippen molar-refractivity contribution in [3.8, 4) is 0 Å². The van der Waals surface area contributed by atoms with E-state index in [0.717, 1.165) is 18.6 Å². The molecule has 0 bridgehead atoms. The average Bonchev–Trinajstić information content (AvgIpc) is 2.85. The second-order valence-electron chi connectivity index (χ2n) is 5.04. The molecular weight excluding hydrogens is 241 g/mol. The summed E-state index contributed by atoms with van der Waals surface area (Å²) < 4.78 is 38.8. The summed E-state index contributed by atoms with van der Waals surface area (Å²) >= 11 is 0. The lowest BCUT2D eigenvalue weighted by Crippen LogP contribution is -2.04. The molecule has 0 amide bonds. The van der Waals surface area contributed by atoms with Gasteiger partial charge in [-0.3, -0.25) is 0 Å². The van der Waals surface area contributed by atoms with Crippen molar-refractivity contribution >= 4 is 0 Å². The van der Waals surface area contributed by atoms with Crippen LogP contribution < -0.4 is 0 Å². The Balaban J connectivity index is 1.97. The highest BCUT2D eigenvalue weighted by Gasteiger charge is 2.19. The Morgan fingerprint density at radius 1 is 1.11 bits per heavy atom. The van der Waals surface area contributed by atoms with Crippen LogP contribution in [0.15, 0.2) is 12.1 Å². The molecule has 100 valence electrons. The van der Waals surface area contributed by atoms with Crippen molar-refractivity contribution in [1.82, 2.24) is 0 Å². The first-order chi connectivity index (χ1) is 8.58. The fraction of sp³-hybridized carbons (Fsp3) is 0.571. The number of hydrogen-bond donors (Lipinski definition) is 1. The zero-order valence-corrected chi connectivity index (χ0v) is 10.1. The van der Waals surface area contributed by atoms with Gasteiger partial charge in [-0.1, -0.05) is 25.7 Å². The second-order valence-corrected chi connectivity index (χ2v) is 5.04. The summed E-state index contributed by atoms with van der Waals surface area (Å²) in [4.78, 5) is 0. The van der Waals surface area contributed by atoms with Gasteiger partial charge in [-0.25, -0.2) is 13.2 Å². The topological polar surface area (TPSA) is 20.2 Å². The van der Waals surface area contributed by atoms with E-state index in [9.17, 15) is 18.3 Å². The van der Waals surface area contributed by atoms with E-state index >= 15 is 0 Å². The smallest absolute Gasteiger partial charge is 0.194 e. The van der Waals surface area contributed by atoms with Crippen LogP contribution in [-0.4, -0.2) is 5.11 Å². The highest BCUT2D eigenvalue weighted by molar-refractivity contribution is 5.21. The molecule has 18 heavy (non-hydrogen) atoms. The first-order valence-corrected chi connectivity index (χ1v) is 6.40. The molecule has 0 heterocycles. The molecule has 0 saturated heterocycles. The van der Waals surface area contributed by atoms with Crippen LogP contribution in [0, 0.1) is 23.4 Å². The van der Waals surface area contributed by atoms with E-state index in [1.54, 1.807) is 0 Å². The Labute approximate surface area is 105 Å². The molecule has 1 N–H and O–H groups in total. The summed E-state index contributed by atoms with van der Waals surface area (Å²) in [6, 6.07) is 1.75. The lowest BCUT2D eigenvalue weighted by molar-refractivity contribution is 0.156. The summed E-state index contributed by atoms with van der Waals surface area (Å²) in [5.74, 6) is -3.37. The minimum absolute atomic E-state index is 0.115. The summed E-state index contributed by atoms with van der Waals surface area (Å²) in [6.45, 7) is 0. The molecule has 1 unspecified atom stereocenters. The summed E-state index contributed by atoms with van der Waals surface area (Å²) in [5, 5.41) is 9.86. The third-order valence-corrected chi connectivity index (χ3v) is 3.71. The molecule has 0 aromatic heterocycles. The van der Waals surface area contributed by atoms with Crippen molar-refractivity contribution in [2.45, 2.75) is 44.6 Å². The van der Waals surface area contributed by atoms with Gasteiger partial charge in [0.2, 0.25) is 0 Å². The Bertz CT molecular complexity index is 390. The molecule has 0 aliphatic heterocycles. The molecule has 2 rings (SSSR count). The minimum Gasteiger partial charge on any atom is -0.388 e. The molecule has 1 saturated carbocycles. The van der Waals surface area contributed by atoms with Crippen LogP contribution in [0.4, 0.5) is 13.2 Å². The largest absolute Gasteiger partial charge is 0.388 e. The van der Waals surface area contributed by atoms with E-state index in [-0.39, 0.29) is 5.56 Å².